The van der Waals surface area contributed by atoms with Crippen LogP contribution in [0.25, 0.3) is 22.3 Å². The van der Waals surface area contributed by atoms with Gasteiger partial charge in [0.05, 0.1) is 23.3 Å². The second-order valence-electron chi connectivity index (χ2n) is 12.2. The van der Waals surface area contributed by atoms with Crippen molar-refractivity contribution < 1.29 is 0 Å². The SMILES string of the molecule is C.C=C(C)c1cccnc1N(C)C.C=C(C)c1ccncc1N(C)C.C=C(C)c1cnccc1N(C)C.C=C(C)c1ncccc1N(C)C. The van der Waals surface area contributed by atoms with E-state index in [4.69, 9.17) is 0 Å². The number of anilines is 4. The fourth-order valence-electron chi connectivity index (χ4n) is 4.38. The molecule has 0 aromatic carbocycles. The highest BCUT2D eigenvalue weighted by Crippen LogP contribution is 2.24. The minimum Gasteiger partial charge on any atom is -0.377 e. The third-order valence-corrected chi connectivity index (χ3v) is 6.82. The molecular weight excluding hydrogens is 605 g/mol. The van der Waals surface area contributed by atoms with E-state index in [0.717, 1.165) is 67.6 Å². The third-order valence-electron chi connectivity index (χ3n) is 6.82. The molecule has 0 radical (unpaired) electrons. The monoisotopic (exact) mass is 664 g/mol. The number of aromatic nitrogens is 4. The summed E-state index contributed by atoms with van der Waals surface area (Å²) in [7, 11) is 16.0. The molecule has 4 heterocycles. The summed E-state index contributed by atoms with van der Waals surface area (Å²) in [4.78, 5) is 24.8. The van der Waals surface area contributed by atoms with Gasteiger partial charge in [0.2, 0.25) is 0 Å². The summed E-state index contributed by atoms with van der Waals surface area (Å²) in [6, 6.07) is 11.9. The zero-order chi connectivity index (χ0) is 36.6. The van der Waals surface area contributed by atoms with Crippen LogP contribution in [0.2, 0.25) is 0 Å². The highest BCUT2D eigenvalue weighted by Gasteiger charge is 2.06. The summed E-state index contributed by atoms with van der Waals surface area (Å²) in [6.45, 7) is 23.5. The predicted molar refractivity (Wildman–Crippen MR) is 220 cm³/mol. The molecule has 8 heteroatoms. The van der Waals surface area contributed by atoms with Gasteiger partial charge in [-0.05, 0) is 86.4 Å². The largest absolute Gasteiger partial charge is 0.377 e. The van der Waals surface area contributed by atoms with Crippen LogP contribution in [0.4, 0.5) is 22.9 Å². The number of hydrogen-bond acceptors (Lipinski definition) is 8. The molecule has 0 atom stereocenters. The van der Waals surface area contributed by atoms with Crippen molar-refractivity contribution in [1.82, 2.24) is 19.9 Å². The second kappa shape index (κ2) is 21.6. The second-order valence-corrected chi connectivity index (χ2v) is 12.2. The molecule has 0 aliphatic carbocycles. The molecule has 0 unspecified atom stereocenters. The van der Waals surface area contributed by atoms with Crippen LogP contribution in [-0.2, 0) is 0 Å². The van der Waals surface area contributed by atoms with Crippen molar-refractivity contribution in [1.29, 1.82) is 0 Å². The maximum atomic E-state index is 4.26. The fraction of sp³-hybridized carbons (Fsp3) is 0.317. The first kappa shape index (κ1) is 43.8. The lowest BCUT2D eigenvalue weighted by atomic mass is 10.1. The fourth-order valence-corrected chi connectivity index (χ4v) is 4.38. The predicted octanol–water partition coefficient (Wildman–Crippen LogP) is 9.36. The first-order valence-electron chi connectivity index (χ1n) is 15.6. The highest BCUT2D eigenvalue weighted by molar-refractivity contribution is 5.74. The zero-order valence-electron chi connectivity index (χ0n) is 31.3. The number of nitrogens with zero attached hydrogens (tertiary/aromatic N) is 8. The first-order valence-corrected chi connectivity index (χ1v) is 15.6. The molecule has 0 saturated heterocycles. The van der Waals surface area contributed by atoms with Crippen molar-refractivity contribution >= 4 is 45.2 Å². The van der Waals surface area contributed by atoms with E-state index >= 15 is 0 Å². The summed E-state index contributed by atoms with van der Waals surface area (Å²) < 4.78 is 0. The van der Waals surface area contributed by atoms with Crippen LogP contribution in [0.5, 0.6) is 0 Å². The Bertz CT molecular complexity index is 1400. The molecule has 4 rings (SSSR count). The van der Waals surface area contributed by atoms with E-state index in [0.29, 0.717) is 0 Å². The molecule has 49 heavy (non-hydrogen) atoms. The van der Waals surface area contributed by atoms with Gasteiger partial charge < -0.3 is 19.6 Å². The van der Waals surface area contributed by atoms with E-state index in [1.165, 1.54) is 0 Å². The molecule has 4 aromatic rings. The smallest absolute Gasteiger partial charge is 0.135 e. The van der Waals surface area contributed by atoms with E-state index in [2.05, 4.69) is 51.2 Å². The standard InChI is InChI=1S/4C10H14N2.CH4/c1-8(2)9-7-11-6-5-10(9)12(3)4;1-8(2)9-5-6-11-7-10(9)12(3)4;1-8(2)10-9(12(3)4)6-5-7-11-10;1-8(2)9-6-5-7-11-10(9)12(3)4;/h4*5-7H,1H2,2-4H3;1H4. The lowest BCUT2D eigenvalue weighted by molar-refractivity contribution is 1.06. The van der Waals surface area contributed by atoms with Gasteiger partial charge in [0.15, 0.2) is 0 Å². The Morgan fingerprint density at radius 3 is 1.37 bits per heavy atom. The molecule has 0 amide bonds. The minimum atomic E-state index is 0. The Kier molecular flexibility index (Phi) is 19.3. The molecule has 0 aliphatic rings. The van der Waals surface area contributed by atoms with Crippen LogP contribution >= 0.6 is 0 Å². The van der Waals surface area contributed by atoms with E-state index in [1.54, 1.807) is 24.8 Å². The lowest BCUT2D eigenvalue weighted by Gasteiger charge is -2.16. The van der Waals surface area contributed by atoms with Gasteiger partial charge in [-0.15, -0.1) is 0 Å². The summed E-state index contributed by atoms with van der Waals surface area (Å²) in [5, 5.41) is 0. The zero-order valence-corrected chi connectivity index (χ0v) is 31.3. The van der Waals surface area contributed by atoms with Gasteiger partial charge in [-0.25, -0.2) is 4.98 Å². The minimum absolute atomic E-state index is 0. The molecule has 0 N–H and O–H groups in total. The Balaban J connectivity index is 0.000000623. The number of pyridine rings is 4. The number of rotatable bonds is 8. The van der Waals surface area contributed by atoms with E-state index in [-0.39, 0.29) is 7.43 Å². The maximum absolute atomic E-state index is 4.26. The summed E-state index contributed by atoms with van der Waals surface area (Å²) >= 11 is 0. The normalized spacial score (nSPS) is 9.39. The Morgan fingerprint density at radius 2 is 0.959 bits per heavy atom. The Labute approximate surface area is 297 Å². The van der Waals surface area contributed by atoms with Crippen molar-refractivity contribution in [3.05, 3.63) is 122 Å². The third kappa shape index (κ3) is 14.2. The average molecular weight is 665 g/mol. The molecule has 0 aliphatic heterocycles. The van der Waals surface area contributed by atoms with Gasteiger partial charge in [-0.3, -0.25) is 15.0 Å². The molecule has 264 valence electrons. The Morgan fingerprint density at radius 1 is 0.469 bits per heavy atom. The number of allylic oxidation sites excluding steroid dienone is 4. The van der Waals surface area contributed by atoms with Crippen molar-refractivity contribution in [2.24, 2.45) is 0 Å². The van der Waals surface area contributed by atoms with Crippen LogP contribution in [0, 0.1) is 0 Å². The van der Waals surface area contributed by atoms with Crippen LogP contribution in [-0.4, -0.2) is 76.3 Å². The van der Waals surface area contributed by atoms with Gasteiger partial charge in [0, 0.05) is 110 Å². The van der Waals surface area contributed by atoms with Crippen molar-refractivity contribution in [3.63, 3.8) is 0 Å². The maximum Gasteiger partial charge on any atom is 0.135 e. The molecule has 0 fully saturated rings. The highest BCUT2D eigenvalue weighted by atomic mass is 15.1. The van der Waals surface area contributed by atoms with Gasteiger partial charge in [0.25, 0.3) is 0 Å². The Hall–Kier alpha value is -5.24. The average Bonchev–Trinajstić information content (AvgIpc) is 3.05. The topological polar surface area (TPSA) is 64.5 Å². The molecule has 0 saturated carbocycles. The molecule has 4 aromatic heterocycles. The van der Waals surface area contributed by atoms with Crippen LogP contribution in [0.1, 0.15) is 57.5 Å². The van der Waals surface area contributed by atoms with E-state index in [1.807, 2.05) is 148 Å². The molecule has 0 bridgehead atoms. The van der Waals surface area contributed by atoms with Gasteiger partial charge in [-0.2, -0.15) is 0 Å². The van der Waals surface area contributed by atoms with Crippen molar-refractivity contribution in [2.75, 3.05) is 76.0 Å². The van der Waals surface area contributed by atoms with Crippen molar-refractivity contribution in [3.8, 4) is 0 Å². The van der Waals surface area contributed by atoms with E-state index < -0.39 is 0 Å². The lowest BCUT2D eigenvalue weighted by Crippen LogP contribution is -2.12. The summed E-state index contributed by atoms with van der Waals surface area (Å²) in [6.07, 6.45) is 10.9. The van der Waals surface area contributed by atoms with E-state index in [9.17, 15) is 0 Å². The van der Waals surface area contributed by atoms with Gasteiger partial charge >= 0.3 is 0 Å². The summed E-state index contributed by atoms with van der Waals surface area (Å²) in [5.74, 6) is 0.977. The first-order chi connectivity index (χ1) is 22.5. The van der Waals surface area contributed by atoms with Crippen molar-refractivity contribution in [2.45, 2.75) is 35.1 Å². The van der Waals surface area contributed by atoms with Crippen LogP contribution in [0.15, 0.2) is 99.9 Å². The van der Waals surface area contributed by atoms with Crippen LogP contribution in [0.3, 0.4) is 0 Å². The number of hydrogen-bond donors (Lipinski definition) is 0. The molecule has 0 spiro atoms. The van der Waals surface area contributed by atoms with Gasteiger partial charge in [0.1, 0.15) is 5.82 Å². The summed E-state index contributed by atoms with van der Waals surface area (Å²) in [5.41, 5.74) is 11.9. The van der Waals surface area contributed by atoms with Crippen LogP contribution < -0.4 is 19.6 Å². The van der Waals surface area contributed by atoms with Gasteiger partial charge in [-0.1, -0.05) is 33.7 Å². The quantitative estimate of drug-likeness (QED) is 0.185. The molecule has 8 nitrogen and oxygen atoms in total. The molecular formula is C41H60N8.